The van der Waals surface area contributed by atoms with E-state index in [0.717, 1.165) is 0 Å². The summed E-state index contributed by atoms with van der Waals surface area (Å²) in [5.74, 6) is 0.0716. The number of rotatable bonds is 4. The minimum Gasteiger partial charge on any atom is -0.508 e. The number of hydrogen-bond acceptors (Lipinski definition) is 5. The van der Waals surface area contributed by atoms with Crippen molar-refractivity contribution in [1.29, 1.82) is 0 Å². The van der Waals surface area contributed by atoms with Gasteiger partial charge in [0.05, 0.1) is 0 Å². The standard InChI is InChI=1S/C14H21NO5/c1-14(2,3)20-13(19)15-8-11(17)12(18)9-4-6-10(16)7-5-9/h4-7,11-12,16-18H,8H2,1-3H3,(H,15,19). The Labute approximate surface area is 118 Å². The fourth-order valence-electron chi connectivity index (χ4n) is 1.51. The van der Waals surface area contributed by atoms with Gasteiger partial charge in [0.25, 0.3) is 0 Å². The molecule has 0 fully saturated rings. The van der Waals surface area contributed by atoms with Crippen molar-refractivity contribution in [2.75, 3.05) is 6.54 Å². The number of amides is 1. The van der Waals surface area contributed by atoms with E-state index in [9.17, 15) is 15.0 Å². The minimum atomic E-state index is -1.17. The number of ether oxygens (including phenoxy) is 1. The number of hydrogen-bond donors (Lipinski definition) is 4. The highest BCUT2D eigenvalue weighted by atomic mass is 16.6. The van der Waals surface area contributed by atoms with Crippen LogP contribution < -0.4 is 5.32 Å². The molecule has 0 bridgehead atoms. The normalized spacial score (nSPS) is 14.4. The highest BCUT2D eigenvalue weighted by Gasteiger charge is 2.21. The molecule has 2 atom stereocenters. The fraction of sp³-hybridized carbons (Fsp3) is 0.500. The lowest BCUT2D eigenvalue weighted by Crippen LogP contribution is -2.38. The maximum absolute atomic E-state index is 11.4. The quantitative estimate of drug-likeness (QED) is 0.668. The van der Waals surface area contributed by atoms with Crippen molar-refractivity contribution in [2.24, 2.45) is 0 Å². The summed E-state index contributed by atoms with van der Waals surface area (Å²) in [6.07, 6.45) is -2.99. The first kappa shape index (κ1) is 16.3. The van der Waals surface area contributed by atoms with Gasteiger partial charge in [0, 0.05) is 6.54 Å². The first-order valence-electron chi connectivity index (χ1n) is 6.31. The van der Waals surface area contributed by atoms with Crippen LogP contribution in [0.3, 0.4) is 0 Å². The molecule has 0 radical (unpaired) electrons. The number of aromatic hydroxyl groups is 1. The van der Waals surface area contributed by atoms with Crippen molar-refractivity contribution in [3.8, 4) is 5.75 Å². The summed E-state index contributed by atoms with van der Waals surface area (Å²) in [5.41, 5.74) is -0.175. The molecule has 0 aliphatic rings. The molecule has 0 spiro atoms. The van der Waals surface area contributed by atoms with Crippen LogP contribution in [-0.4, -0.2) is 39.7 Å². The third kappa shape index (κ3) is 5.46. The molecule has 0 aliphatic carbocycles. The third-order valence-corrected chi connectivity index (χ3v) is 2.45. The van der Waals surface area contributed by atoms with Crippen LogP contribution in [-0.2, 0) is 4.74 Å². The summed E-state index contributed by atoms with van der Waals surface area (Å²) in [6.45, 7) is 5.05. The number of phenolic OH excluding ortho intramolecular Hbond substituents is 1. The van der Waals surface area contributed by atoms with Gasteiger partial charge in [-0.3, -0.25) is 0 Å². The summed E-state index contributed by atoms with van der Waals surface area (Å²) in [6, 6.07) is 5.81. The zero-order chi connectivity index (χ0) is 15.3. The van der Waals surface area contributed by atoms with E-state index in [1.807, 2.05) is 0 Å². The van der Waals surface area contributed by atoms with Crippen LogP contribution in [0.25, 0.3) is 0 Å². The van der Waals surface area contributed by atoms with E-state index >= 15 is 0 Å². The third-order valence-electron chi connectivity index (χ3n) is 2.45. The zero-order valence-electron chi connectivity index (χ0n) is 11.8. The van der Waals surface area contributed by atoms with E-state index in [1.54, 1.807) is 20.8 Å². The van der Waals surface area contributed by atoms with Gasteiger partial charge in [-0.2, -0.15) is 0 Å². The molecule has 1 aromatic rings. The molecule has 112 valence electrons. The molecule has 0 aromatic heterocycles. The van der Waals surface area contributed by atoms with Gasteiger partial charge in [-0.1, -0.05) is 12.1 Å². The number of benzene rings is 1. The highest BCUT2D eigenvalue weighted by molar-refractivity contribution is 5.67. The van der Waals surface area contributed by atoms with Gasteiger partial charge < -0.3 is 25.4 Å². The van der Waals surface area contributed by atoms with E-state index in [-0.39, 0.29) is 12.3 Å². The van der Waals surface area contributed by atoms with Gasteiger partial charge in [0.15, 0.2) is 0 Å². The van der Waals surface area contributed by atoms with E-state index < -0.39 is 23.9 Å². The van der Waals surface area contributed by atoms with Crippen LogP contribution in [0.15, 0.2) is 24.3 Å². The molecule has 1 aromatic carbocycles. The number of carbonyl (C=O) groups is 1. The lowest BCUT2D eigenvalue weighted by atomic mass is 10.0. The molecular weight excluding hydrogens is 262 g/mol. The van der Waals surface area contributed by atoms with Crippen molar-refractivity contribution in [1.82, 2.24) is 5.32 Å². The number of carbonyl (C=O) groups excluding carboxylic acids is 1. The molecule has 1 rings (SSSR count). The van der Waals surface area contributed by atoms with Gasteiger partial charge in [0.1, 0.15) is 23.6 Å². The minimum absolute atomic E-state index is 0.0716. The molecule has 0 saturated carbocycles. The second-order valence-electron chi connectivity index (χ2n) is 5.49. The number of phenols is 1. The molecule has 20 heavy (non-hydrogen) atoms. The molecule has 4 N–H and O–H groups in total. The SMILES string of the molecule is CC(C)(C)OC(=O)NCC(O)C(O)c1ccc(O)cc1. The molecule has 6 heteroatoms. The predicted octanol–water partition coefficient (Wildman–Crippen LogP) is 1.31. The molecule has 2 unspecified atom stereocenters. The van der Waals surface area contributed by atoms with Crippen molar-refractivity contribution >= 4 is 6.09 Å². The fourth-order valence-corrected chi connectivity index (χ4v) is 1.51. The lowest BCUT2D eigenvalue weighted by molar-refractivity contribution is 0.0129. The molecule has 0 aliphatic heterocycles. The lowest BCUT2D eigenvalue weighted by Gasteiger charge is -2.22. The summed E-state index contributed by atoms with van der Waals surface area (Å²) >= 11 is 0. The maximum atomic E-state index is 11.4. The van der Waals surface area contributed by atoms with Crippen LogP contribution in [0.1, 0.15) is 32.4 Å². The number of nitrogens with one attached hydrogen (secondary N) is 1. The Kier molecular flexibility index (Phi) is 5.35. The predicted molar refractivity (Wildman–Crippen MR) is 73.3 cm³/mol. The van der Waals surface area contributed by atoms with Gasteiger partial charge >= 0.3 is 6.09 Å². The highest BCUT2D eigenvalue weighted by Crippen LogP contribution is 2.19. The molecular formula is C14H21NO5. The van der Waals surface area contributed by atoms with Crippen LogP contribution in [0.2, 0.25) is 0 Å². The van der Waals surface area contributed by atoms with E-state index in [1.165, 1.54) is 24.3 Å². The van der Waals surface area contributed by atoms with Crippen molar-refractivity contribution in [3.63, 3.8) is 0 Å². The monoisotopic (exact) mass is 283 g/mol. The zero-order valence-corrected chi connectivity index (χ0v) is 11.8. The molecule has 0 saturated heterocycles. The first-order chi connectivity index (χ1) is 9.19. The Morgan fingerprint density at radius 3 is 2.30 bits per heavy atom. The van der Waals surface area contributed by atoms with Gasteiger partial charge in [-0.15, -0.1) is 0 Å². The average Bonchev–Trinajstić information content (AvgIpc) is 2.34. The van der Waals surface area contributed by atoms with Gasteiger partial charge in [-0.25, -0.2) is 4.79 Å². The number of aliphatic hydroxyl groups is 2. The van der Waals surface area contributed by atoms with Crippen LogP contribution >= 0.6 is 0 Å². The number of alkyl carbamates (subject to hydrolysis) is 1. The molecule has 6 nitrogen and oxygen atoms in total. The van der Waals surface area contributed by atoms with Gasteiger partial charge in [-0.05, 0) is 38.5 Å². The largest absolute Gasteiger partial charge is 0.508 e. The maximum Gasteiger partial charge on any atom is 0.407 e. The van der Waals surface area contributed by atoms with Crippen molar-refractivity contribution in [3.05, 3.63) is 29.8 Å². The summed E-state index contributed by atoms with van der Waals surface area (Å²) in [7, 11) is 0. The second-order valence-corrected chi connectivity index (χ2v) is 5.49. The van der Waals surface area contributed by atoms with Gasteiger partial charge in [0.2, 0.25) is 0 Å². The molecule has 0 heterocycles. The Balaban J connectivity index is 2.48. The van der Waals surface area contributed by atoms with Crippen LogP contribution in [0, 0.1) is 0 Å². The topological polar surface area (TPSA) is 99.0 Å². The van der Waals surface area contributed by atoms with Crippen molar-refractivity contribution < 1.29 is 24.9 Å². The summed E-state index contributed by atoms with van der Waals surface area (Å²) in [4.78, 5) is 11.4. The smallest absolute Gasteiger partial charge is 0.407 e. The Hall–Kier alpha value is -1.79. The van der Waals surface area contributed by atoms with Crippen LogP contribution in [0.5, 0.6) is 5.75 Å². The van der Waals surface area contributed by atoms with Crippen molar-refractivity contribution in [2.45, 2.75) is 38.6 Å². The molecule has 1 amide bonds. The van der Waals surface area contributed by atoms with E-state index in [4.69, 9.17) is 9.84 Å². The van der Waals surface area contributed by atoms with Crippen LogP contribution in [0.4, 0.5) is 4.79 Å². The summed E-state index contributed by atoms with van der Waals surface area (Å²) in [5, 5.41) is 31.2. The Morgan fingerprint density at radius 2 is 1.80 bits per heavy atom. The average molecular weight is 283 g/mol. The Morgan fingerprint density at radius 1 is 1.25 bits per heavy atom. The Bertz CT molecular complexity index is 438. The second kappa shape index (κ2) is 6.58. The number of aliphatic hydroxyl groups excluding tert-OH is 2. The summed E-state index contributed by atoms with van der Waals surface area (Å²) < 4.78 is 5.01. The van der Waals surface area contributed by atoms with E-state index in [0.29, 0.717) is 5.56 Å². The first-order valence-corrected chi connectivity index (χ1v) is 6.31. The van der Waals surface area contributed by atoms with E-state index in [2.05, 4.69) is 5.32 Å².